The number of carboxylic acids is 1. The third-order valence-electron chi connectivity index (χ3n) is 5.30. The molecule has 0 unspecified atom stereocenters. The van der Waals surface area contributed by atoms with Crippen LogP contribution < -0.4 is 0 Å². The number of phenolic OH excluding ortho intramolecular Hbond substituents is 1. The lowest BCUT2D eigenvalue weighted by Crippen LogP contribution is -2.12. The first kappa shape index (κ1) is 22.7. The Bertz CT molecular complexity index is 1100. The number of aromatic hydroxyl groups is 1. The molecule has 0 amide bonds. The highest BCUT2D eigenvalue weighted by Crippen LogP contribution is 2.44. The van der Waals surface area contributed by atoms with Gasteiger partial charge in [0.25, 0.3) is 0 Å². The number of fused-ring (bicyclic) bond motifs is 1. The summed E-state index contributed by atoms with van der Waals surface area (Å²) in [6.07, 6.45) is 0.675. The number of aromatic nitrogens is 1. The summed E-state index contributed by atoms with van der Waals surface area (Å²) in [5, 5.41) is 21.7. The first-order valence-electron chi connectivity index (χ1n) is 9.78. The van der Waals surface area contributed by atoms with Crippen molar-refractivity contribution in [3.63, 3.8) is 0 Å². The Morgan fingerprint density at radius 1 is 1.20 bits per heavy atom. The van der Waals surface area contributed by atoms with Gasteiger partial charge in [-0.25, -0.2) is 4.79 Å². The predicted octanol–water partition coefficient (Wildman–Crippen LogP) is 5.57. The highest BCUT2D eigenvalue weighted by molar-refractivity contribution is 9.10. The van der Waals surface area contributed by atoms with Crippen molar-refractivity contribution >= 4 is 44.6 Å². The molecule has 1 heterocycles. The summed E-state index contributed by atoms with van der Waals surface area (Å²) in [6, 6.07) is 8.23. The molecular formula is C23H27BrN2O3S. The van der Waals surface area contributed by atoms with Crippen LogP contribution in [-0.2, 0) is 25.8 Å². The first-order chi connectivity index (χ1) is 14.2. The Balaban J connectivity index is 2.27. The van der Waals surface area contributed by atoms with Crippen LogP contribution in [0.1, 0.15) is 39.7 Å². The normalized spacial score (nSPS) is 11.6. The van der Waals surface area contributed by atoms with Crippen molar-refractivity contribution < 1.29 is 15.0 Å². The van der Waals surface area contributed by atoms with Crippen LogP contribution in [0.5, 0.6) is 5.75 Å². The smallest absolute Gasteiger partial charge is 0.338 e. The Morgan fingerprint density at radius 3 is 2.37 bits per heavy atom. The van der Waals surface area contributed by atoms with Crippen LogP contribution in [-0.4, -0.2) is 39.7 Å². The highest BCUT2D eigenvalue weighted by atomic mass is 79.9. The van der Waals surface area contributed by atoms with Gasteiger partial charge in [-0.2, -0.15) is 0 Å². The van der Waals surface area contributed by atoms with Crippen LogP contribution in [0.25, 0.3) is 10.9 Å². The van der Waals surface area contributed by atoms with Gasteiger partial charge in [0, 0.05) is 40.9 Å². The van der Waals surface area contributed by atoms with E-state index in [1.54, 1.807) is 11.8 Å². The SMILES string of the molecule is CCc1c(Br)c(O)c(CN(C)C)c2c(C(=O)O)c(CSc3ccc(C)cc3)n(C)c12. The van der Waals surface area contributed by atoms with Gasteiger partial charge in [-0.05, 0) is 61.1 Å². The fourth-order valence-electron chi connectivity index (χ4n) is 3.86. The number of benzene rings is 2. The second-order valence-corrected chi connectivity index (χ2v) is 9.56. The molecule has 5 nitrogen and oxygen atoms in total. The topological polar surface area (TPSA) is 65.7 Å². The van der Waals surface area contributed by atoms with Crippen molar-refractivity contribution in [2.24, 2.45) is 7.05 Å². The van der Waals surface area contributed by atoms with Crippen molar-refractivity contribution in [1.82, 2.24) is 9.47 Å². The van der Waals surface area contributed by atoms with Crippen LogP contribution in [0.2, 0.25) is 0 Å². The summed E-state index contributed by atoms with van der Waals surface area (Å²) in [5.74, 6) is -0.318. The van der Waals surface area contributed by atoms with E-state index >= 15 is 0 Å². The van der Waals surface area contributed by atoms with E-state index in [1.165, 1.54) is 5.56 Å². The molecule has 3 aromatic rings. The summed E-state index contributed by atoms with van der Waals surface area (Å²) in [7, 11) is 5.73. The fraction of sp³-hybridized carbons (Fsp3) is 0.348. The molecule has 0 bridgehead atoms. The summed E-state index contributed by atoms with van der Waals surface area (Å²) in [5.41, 5.74) is 4.64. The largest absolute Gasteiger partial charge is 0.506 e. The maximum atomic E-state index is 12.4. The van der Waals surface area contributed by atoms with Gasteiger partial charge in [0.15, 0.2) is 0 Å². The van der Waals surface area contributed by atoms with E-state index < -0.39 is 5.97 Å². The lowest BCUT2D eigenvalue weighted by molar-refractivity contribution is 0.0698. The first-order valence-corrected chi connectivity index (χ1v) is 11.6. The van der Waals surface area contributed by atoms with Crippen LogP contribution >= 0.6 is 27.7 Å². The minimum Gasteiger partial charge on any atom is -0.506 e. The summed E-state index contributed by atoms with van der Waals surface area (Å²) >= 11 is 5.17. The second kappa shape index (κ2) is 9.04. The number of phenols is 1. The molecule has 0 aliphatic carbocycles. The zero-order valence-corrected chi connectivity index (χ0v) is 20.3. The van der Waals surface area contributed by atoms with Gasteiger partial charge in [0.2, 0.25) is 0 Å². The number of halogens is 1. The molecule has 0 fully saturated rings. The molecule has 2 N–H and O–H groups in total. The third kappa shape index (κ3) is 4.11. The molecule has 160 valence electrons. The lowest BCUT2D eigenvalue weighted by Gasteiger charge is -2.17. The summed E-state index contributed by atoms with van der Waals surface area (Å²) < 4.78 is 2.63. The van der Waals surface area contributed by atoms with E-state index in [0.29, 0.717) is 34.1 Å². The van der Waals surface area contributed by atoms with Crippen LogP contribution in [0.3, 0.4) is 0 Å². The number of thioether (sulfide) groups is 1. The number of rotatable bonds is 7. The molecule has 0 saturated heterocycles. The Hall–Kier alpha value is -1.96. The average Bonchev–Trinajstić information content (AvgIpc) is 2.98. The van der Waals surface area contributed by atoms with Crippen molar-refractivity contribution in [3.8, 4) is 5.75 Å². The molecule has 0 radical (unpaired) electrons. The maximum Gasteiger partial charge on any atom is 0.338 e. The van der Waals surface area contributed by atoms with Crippen molar-refractivity contribution in [2.75, 3.05) is 14.1 Å². The zero-order valence-electron chi connectivity index (χ0n) is 17.9. The van der Waals surface area contributed by atoms with Crippen LogP contribution in [0, 0.1) is 6.92 Å². The van der Waals surface area contributed by atoms with Gasteiger partial charge < -0.3 is 19.7 Å². The molecule has 0 spiro atoms. The Kier molecular flexibility index (Phi) is 6.84. The molecule has 2 aromatic carbocycles. The zero-order chi connectivity index (χ0) is 22.2. The van der Waals surface area contributed by atoms with E-state index in [0.717, 1.165) is 21.7 Å². The summed E-state index contributed by atoms with van der Waals surface area (Å²) in [4.78, 5) is 15.4. The minimum atomic E-state index is -0.969. The lowest BCUT2D eigenvalue weighted by atomic mass is 9.98. The van der Waals surface area contributed by atoms with Gasteiger partial charge in [0.05, 0.1) is 15.6 Å². The molecular weight excluding hydrogens is 464 g/mol. The van der Waals surface area contributed by atoms with Crippen molar-refractivity contribution in [3.05, 3.63) is 56.7 Å². The van der Waals surface area contributed by atoms with E-state index in [2.05, 4.69) is 40.2 Å². The second-order valence-electron chi connectivity index (χ2n) is 7.72. The molecule has 0 aliphatic rings. The van der Waals surface area contributed by atoms with Gasteiger partial charge >= 0.3 is 5.97 Å². The Labute approximate surface area is 189 Å². The van der Waals surface area contributed by atoms with E-state index in [1.807, 2.05) is 44.5 Å². The Morgan fingerprint density at radius 2 is 1.83 bits per heavy atom. The van der Waals surface area contributed by atoms with E-state index in [-0.39, 0.29) is 11.3 Å². The van der Waals surface area contributed by atoms with E-state index in [9.17, 15) is 15.0 Å². The van der Waals surface area contributed by atoms with Gasteiger partial charge in [0.1, 0.15) is 5.75 Å². The van der Waals surface area contributed by atoms with Gasteiger partial charge in [-0.15, -0.1) is 11.8 Å². The number of hydrogen-bond acceptors (Lipinski definition) is 4. The number of nitrogens with zero attached hydrogens (tertiary/aromatic N) is 2. The van der Waals surface area contributed by atoms with Crippen LogP contribution in [0.4, 0.5) is 0 Å². The number of aryl methyl sites for hydroxylation is 3. The van der Waals surface area contributed by atoms with Gasteiger partial charge in [-0.1, -0.05) is 24.6 Å². The summed E-state index contributed by atoms with van der Waals surface area (Å²) in [6.45, 7) is 4.50. The van der Waals surface area contributed by atoms with Crippen LogP contribution in [0.15, 0.2) is 33.6 Å². The number of carboxylic acid groups (broad SMARTS) is 1. The number of aromatic carboxylic acids is 1. The standard InChI is InChI=1S/C23H27BrN2O3S/c1-6-15-20(24)22(27)16(11-25(3)4)18-19(23(28)29)17(26(5)21(15)18)12-30-14-9-7-13(2)8-10-14/h7-10,27H,6,11-12H2,1-5H3,(H,28,29). The average molecular weight is 491 g/mol. The maximum absolute atomic E-state index is 12.4. The molecule has 3 rings (SSSR count). The van der Waals surface area contributed by atoms with E-state index in [4.69, 9.17) is 0 Å². The highest BCUT2D eigenvalue weighted by Gasteiger charge is 2.28. The number of carbonyl (C=O) groups is 1. The molecule has 1 aromatic heterocycles. The minimum absolute atomic E-state index is 0.124. The van der Waals surface area contributed by atoms with Crippen molar-refractivity contribution in [1.29, 1.82) is 0 Å². The monoisotopic (exact) mass is 490 g/mol. The van der Waals surface area contributed by atoms with Gasteiger partial charge in [-0.3, -0.25) is 0 Å². The molecule has 30 heavy (non-hydrogen) atoms. The molecule has 0 aliphatic heterocycles. The predicted molar refractivity (Wildman–Crippen MR) is 127 cm³/mol. The quantitative estimate of drug-likeness (QED) is 0.423. The van der Waals surface area contributed by atoms with Crippen molar-refractivity contribution in [2.45, 2.75) is 37.5 Å². The number of hydrogen-bond donors (Lipinski definition) is 2. The molecule has 0 saturated carbocycles. The fourth-order valence-corrected chi connectivity index (χ4v) is 5.53. The molecule has 0 atom stereocenters. The third-order valence-corrected chi connectivity index (χ3v) is 7.18. The molecule has 7 heteroatoms.